The molecule has 1 aromatic heterocycles. The zero-order valence-corrected chi connectivity index (χ0v) is 11.7. The summed E-state index contributed by atoms with van der Waals surface area (Å²) < 4.78 is 5.42. The van der Waals surface area contributed by atoms with Gasteiger partial charge in [0.2, 0.25) is 0 Å². The molecule has 104 valence electrons. The quantitative estimate of drug-likeness (QED) is 0.833. The summed E-state index contributed by atoms with van der Waals surface area (Å²) in [6.45, 7) is 5.60. The van der Waals surface area contributed by atoms with Crippen molar-refractivity contribution in [3.05, 3.63) is 18.3 Å². The Bertz CT molecular complexity index is 442. The molecule has 19 heavy (non-hydrogen) atoms. The number of hydrogen-bond acceptors (Lipinski definition) is 5. The fourth-order valence-electron chi connectivity index (χ4n) is 2.10. The van der Waals surface area contributed by atoms with Gasteiger partial charge >= 0.3 is 5.97 Å². The van der Waals surface area contributed by atoms with E-state index in [1.54, 1.807) is 18.3 Å². The third kappa shape index (κ3) is 3.23. The van der Waals surface area contributed by atoms with Gasteiger partial charge in [0, 0.05) is 25.8 Å². The Labute approximate surface area is 114 Å². The lowest BCUT2D eigenvalue weighted by Crippen LogP contribution is -2.34. The van der Waals surface area contributed by atoms with Gasteiger partial charge in [-0.3, -0.25) is 4.79 Å². The van der Waals surface area contributed by atoms with Crippen LogP contribution in [0.2, 0.25) is 0 Å². The molecule has 1 fully saturated rings. The summed E-state index contributed by atoms with van der Waals surface area (Å²) in [7, 11) is 1.99. The molecule has 2 heterocycles. The number of likely N-dealkylation sites (N-methyl/N-ethyl adjacent to an activating group) is 1. The number of rotatable bonds is 4. The minimum atomic E-state index is -0.229. The summed E-state index contributed by atoms with van der Waals surface area (Å²) >= 11 is 0. The summed E-state index contributed by atoms with van der Waals surface area (Å²) in [5, 5.41) is 3.32. The van der Waals surface area contributed by atoms with Gasteiger partial charge in [-0.15, -0.1) is 0 Å². The van der Waals surface area contributed by atoms with Gasteiger partial charge in [0.1, 0.15) is 0 Å². The second-order valence-corrected chi connectivity index (χ2v) is 5.16. The molecule has 0 bridgehead atoms. The standard InChI is InChI=1S/C14H21N3O2/c1-10(2)14(18)19-12-5-4-7-16-13(12)17(3)11-6-8-15-9-11/h4-5,7,10-11,15H,6,8-9H2,1-3H3/t11-/m0/s1. The molecule has 1 atom stereocenters. The Kier molecular flexibility index (Phi) is 4.37. The van der Waals surface area contributed by atoms with E-state index in [4.69, 9.17) is 4.74 Å². The van der Waals surface area contributed by atoms with Gasteiger partial charge in [-0.25, -0.2) is 4.98 Å². The maximum Gasteiger partial charge on any atom is 0.313 e. The molecular weight excluding hydrogens is 242 g/mol. The van der Waals surface area contributed by atoms with Gasteiger partial charge in [-0.2, -0.15) is 0 Å². The average molecular weight is 263 g/mol. The maximum absolute atomic E-state index is 11.7. The minimum Gasteiger partial charge on any atom is -0.422 e. The van der Waals surface area contributed by atoms with E-state index in [2.05, 4.69) is 15.2 Å². The molecule has 5 heteroatoms. The van der Waals surface area contributed by atoms with Crippen LogP contribution in [0, 0.1) is 5.92 Å². The highest BCUT2D eigenvalue weighted by molar-refractivity contribution is 5.76. The number of anilines is 1. The predicted molar refractivity (Wildman–Crippen MR) is 74.4 cm³/mol. The molecule has 0 aromatic carbocycles. The van der Waals surface area contributed by atoms with Crippen molar-refractivity contribution in [1.82, 2.24) is 10.3 Å². The number of esters is 1. The Morgan fingerprint density at radius 3 is 3.00 bits per heavy atom. The first-order valence-corrected chi connectivity index (χ1v) is 6.70. The number of nitrogens with one attached hydrogen (secondary N) is 1. The number of carbonyl (C=O) groups excluding carboxylic acids is 1. The molecule has 1 aliphatic rings. The maximum atomic E-state index is 11.7. The van der Waals surface area contributed by atoms with Crippen molar-refractivity contribution in [2.45, 2.75) is 26.3 Å². The highest BCUT2D eigenvalue weighted by Crippen LogP contribution is 2.27. The van der Waals surface area contributed by atoms with Gasteiger partial charge in [0.05, 0.1) is 5.92 Å². The monoisotopic (exact) mass is 263 g/mol. The first kappa shape index (κ1) is 13.8. The summed E-state index contributed by atoms with van der Waals surface area (Å²) in [5.41, 5.74) is 0. The Balaban J connectivity index is 2.17. The van der Waals surface area contributed by atoms with Crippen molar-refractivity contribution < 1.29 is 9.53 Å². The van der Waals surface area contributed by atoms with Gasteiger partial charge in [0.15, 0.2) is 11.6 Å². The molecule has 0 aliphatic carbocycles. The predicted octanol–water partition coefficient (Wildman–Crippen LogP) is 1.44. The van der Waals surface area contributed by atoms with Gasteiger partial charge in [0.25, 0.3) is 0 Å². The van der Waals surface area contributed by atoms with Crippen LogP contribution in [0.3, 0.4) is 0 Å². The van der Waals surface area contributed by atoms with Crippen LogP contribution in [0.15, 0.2) is 18.3 Å². The van der Waals surface area contributed by atoms with E-state index in [9.17, 15) is 4.79 Å². The van der Waals surface area contributed by atoms with E-state index < -0.39 is 0 Å². The van der Waals surface area contributed by atoms with E-state index in [0.717, 1.165) is 25.3 Å². The molecule has 0 unspecified atom stereocenters. The number of carbonyl (C=O) groups is 1. The van der Waals surface area contributed by atoms with Crippen LogP contribution in [-0.4, -0.2) is 37.1 Å². The number of aromatic nitrogens is 1. The summed E-state index contributed by atoms with van der Waals surface area (Å²) in [4.78, 5) is 18.2. The van der Waals surface area contributed by atoms with Crippen molar-refractivity contribution in [3.63, 3.8) is 0 Å². The highest BCUT2D eigenvalue weighted by atomic mass is 16.5. The molecule has 1 aliphatic heterocycles. The zero-order valence-electron chi connectivity index (χ0n) is 11.7. The number of nitrogens with zero attached hydrogens (tertiary/aromatic N) is 2. The first-order chi connectivity index (χ1) is 9.09. The summed E-state index contributed by atoms with van der Waals surface area (Å²) in [6.07, 6.45) is 2.80. The van der Waals surface area contributed by atoms with Crippen molar-refractivity contribution in [2.24, 2.45) is 5.92 Å². The summed E-state index contributed by atoms with van der Waals surface area (Å²) in [6, 6.07) is 3.97. The van der Waals surface area contributed by atoms with Gasteiger partial charge in [-0.05, 0) is 25.1 Å². The third-order valence-corrected chi connectivity index (χ3v) is 3.35. The second-order valence-electron chi connectivity index (χ2n) is 5.16. The van der Waals surface area contributed by atoms with Crippen LogP contribution in [0.4, 0.5) is 5.82 Å². The fourth-order valence-corrected chi connectivity index (χ4v) is 2.10. The molecule has 0 radical (unpaired) electrons. The fraction of sp³-hybridized carbons (Fsp3) is 0.571. The van der Waals surface area contributed by atoms with Crippen molar-refractivity contribution in [2.75, 3.05) is 25.0 Å². The molecular formula is C14H21N3O2. The van der Waals surface area contributed by atoms with Crippen molar-refractivity contribution >= 4 is 11.8 Å². The van der Waals surface area contributed by atoms with Crippen LogP contribution < -0.4 is 15.0 Å². The zero-order chi connectivity index (χ0) is 13.8. The second kappa shape index (κ2) is 6.02. The molecule has 2 rings (SSSR count). The van der Waals surface area contributed by atoms with Crippen molar-refractivity contribution in [3.8, 4) is 5.75 Å². The van der Waals surface area contributed by atoms with Crippen LogP contribution in [-0.2, 0) is 4.79 Å². The topological polar surface area (TPSA) is 54.5 Å². The van der Waals surface area contributed by atoms with E-state index in [-0.39, 0.29) is 11.9 Å². The summed E-state index contributed by atoms with van der Waals surface area (Å²) in [5.74, 6) is 0.888. The van der Waals surface area contributed by atoms with E-state index >= 15 is 0 Å². The molecule has 1 aromatic rings. The first-order valence-electron chi connectivity index (χ1n) is 6.70. The Morgan fingerprint density at radius 2 is 2.37 bits per heavy atom. The molecule has 0 spiro atoms. The van der Waals surface area contributed by atoms with Crippen molar-refractivity contribution in [1.29, 1.82) is 0 Å². The largest absolute Gasteiger partial charge is 0.422 e. The van der Waals surface area contributed by atoms with Crippen LogP contribution in [0.5, 0.6) is 5.75 Å². The van der Waals surface area contributed by atoms with Crippen LogP contribution in [0.1, 0.15) is 20.3 Å². The van der Waals surface area contributed by atoms with E-state index in [1.165, 1.54) is 0 Å². The average Bonchev–Trinajstić information content (AvgIpc) is 2.92. The normalized spacial score (nSPS) is 18.6. The molecule has 1 saturated heterocycles. The molecule has 0 saturated carbocycles. The van der Waals surface area contributed by atoms with Crippen LogP contribution in [0.25, 0.3) is 0 Å². The number of ether oxygens (including phenoxy) is 1. The molecule has 0 amide bonds. The van der Waals surface area contributed by atoms with E-state index in [1.807, 2.05) is 20.9 Å². The SMILES string of the molecule is CC(C)C(=O)Oc1cccnc1N(C)[C@H]1CCNC1. The third-order valence-electron chi connectivity index (χ3n) is 3.35. The molecule has 1 N–H and O–H groups in total. The van der Waals surface area contributed by atoms with E-state index in [0.29, 0.717) is 11.8 Å². The van der Waals surface area contributed by atoms with Crippen LogP contribution >= 0.6 is 0 Å². The van der Waals surface area contributed by atoms with Gasteiger partial charge in [-0.1, -0.05) is 13.8 Å². The lowest BCUT2D eigenvalue weighted by molar-refractivity contribution is -0.137. The lowest BCUT2D eigenvalue weighted by atomic mass is 10.2. The number of hydrogen-bond donors (Lipinski definition) is 1. The Hall–Kier alpha value is -1.62. The highest BCUT2D eigenvalue weighted by Gasteiger charge is 2.23. The minimum absolute atomic E-state index is 0.147. The lowest BCUT2D eigenvalue weighted by Gasteiger charge is -2.26. The number of pyridine rings is 1. The van der Waals surface area contributed by atoms with Gasteiger partial charge < -0.3 is 15.0 Å². The smallest absolute Gasteiger partial charge is 0.313 e. The Morgan fingerprint density at radius 1 is 1.58 bits per heavy atom. The molecule has 5 nitrogen and oxygen atoms in total.